The average molecular weight is 302 g/mol. The molecule has 0 unspecified atom stereocenters. The van der Waals surface area contributed by atoms with Gasteiger partial charge in [-0.3, -0.25) is 4.72 Å². The largest absolute Gasteiger partial charge is 0.446 e. The highest BCUT2D eigenvalue weighted by molar-refractivity contribution is 7.92. The van der Waals surface area contributed by atoms with Gasteiger partial charge in [-0.2, -0.15) is 8.42 Å². The maximum absolute atomic E-state index is 13.4. The number of anilines is 1. The summed E-state index contributed by atoms with van der Waals surface area (Å²) in [6.07, 6.45) is 0. The molecule has 0 aliphatic heterocycles. The van der Waals surface area contributed by atoms with Gasteiger partial charge in [-0.25, -0.2) is 8.78 Å². The normalized spacial score (nSPS) is 11.6. The van der Waals surface area contributed by atoms with Crippen LogP contribution in [0.25, 0.3) is 0 Å². The molecule has 0 spiro atoms. The smallest absolute Gasteiger partial charge is 0.295 e. The molecule has 2 rings (SSSR count). The predicted molar refractivity (Wildman–Crippen MR) is 68.6 cm³/mol. The van der Waals surface area contributed by atoms with Crippen LogP contribution < -0.4 is 10.0 Å². The van der Waals surface area contributed by atoms with Crippen LogP contribution in [0.4, 0.5) is 14.5 Å². The lowest BCUT2D eigenvalue weighted by atomic mass is 10.3. The van der Waals surface area contributed by atoms with Crippen LogP contribution in [0.1, 0.15) is 5.76 Å². The molecule has 20 heavy (non-hydrogen) atoms. The number of rotatable bonds is 5. The summed E-state index contributed by atoms with van der Waals surface area (Å²) in [6, 6.07) is 5.20. The molecule has 2 aromatic rings. The third kappa shape index (κ3) is 3.14. The van der Waals surface area contributed by atoms with E-state index in [1.807, 2.05) is 4.72 Å². The van der Waals surface area contributed by atoms with E-state index in [9.17, 15) is 17.2 Å². The third-order valence-corrected chi connectivity index (χ3v) is 3.66. The van der Waals surface area contributed by atoms with Crippen molar-refractivity contribution in [1.29, 1.82) is 0 Å². The fourth-order valence-corrected chi connectivity index (χ4v) is 2.55. The van der Waals surface area contributed by atoms with Crippen molar-refractivity contribution in [1.82, 2.24) is 5.32 Å². The van der Waals surface area contributed by atoms with Crippen LogP contribution in [-0.2, 0) is 16.6 Å². The topological polar surface area (TPSA) is 71.3 Å². The lowest BCUT2D eigenvalue weighted by molar-refractivity contribution is 0.408. The van der Waals surface area contributed by atoms with E-state index in [4.69, 9.17) is 4.42 Å². The second-order valence-corrected chi connectivity index (χ2v) is 5.59. The summed E-state index contributed by atoms with van der Waals surface area (Å²) in [4.78, 5) is 0. The van der Waals surface area contributed by atoms with Gasteiger partial charge in [0.25, 0.3) is 10.0 Å². The van der Waals surface area contributed by atoms with Crippen molar-refractivity contribution in [2.24, 2.45) is 0 Å². The van der Waals surface area contributed by atoms with E-state index >= 15 is 0 Å². The van der Waals surface area contributed by atoms with Gasteiger partial charge in [0.15, 0.2) is 0 Å². The zero-order valence-electron chi connectivity index (χ0n) is 10.5. The van der Waals surface area contributed by atoms with Crippen molar-refractivity contribution in [2.75, 3.05) is 11.8 Å². The molecule has 0 bridgehead atoms. The van der Waals surface area contributed by atoms with Crippen LogP contribution in [0.3, 0.4) is 0 Å². The molecule has 0 aliphatic rings. The molecule has 1 aromatic carbocycles. The van der Waals surface area contributed by atoms with Crippen molar-refractivity contribution in [3.05, 3.63) is 47.7 Å². The highest BCUT2D eigenvalue weighted by Gasteiger charge is 2.20. The minimum Gasteiger partial charge on any atom is -0.446 e. The summed E-state index contributed by atoms with van der Waals surface area (Å²) in [5, 5.41) is 2.43. The van der Waals surface area contributed by atoms with E-state index < -0.39 is 27.3 Å². The van der Waals surface area contributed by atoms with E-state index in [0.717, 1.165) is 18.2 Å². The highest BCUT2D eigenvalue weighted by Crippen LogP contribution is 2.21. The molecule has 1 heterocycles. The molecule has 0 saturated carbocycles. The Morgan fingerprint density at radius 2 is 1.95 bits per heavy atom. The van der Waals surface area contributed by atoms with E-state index in [1.54, 1.807) is 7.05 Å². The average Bonchev–Trinajstić information content (AvgIpc) is 2.83. The lowest BCUT2D eigenvalue weighted by Crippen LogP contribution is -2.13. The molecule has 0 atom stereocenters. The Hall–Kier alpha value is -1.93. The Bertz CT molecular complexity index is 713. The Morgan fingerprint density at radius 3 is 2.65 bits per heavy atom. The molecule has 8 heteroatoms. The molecule has 0 saturated heterocycles. The summed E-state index contributed by atoms with van der Waals surface area (Å²) in [6.45, 7) is 0.351. The molecule has 1 aromatic heterocycles. The Morgan fingerprint density at radius 1 is 1.20 bits per heavy atom. The molecular weight excluding hydrogens is 290 g/mol. The van der Waals surface area contributed by atoms with Crippen LogP contribution in [0, 0.1) is 11.6 Å². The van der Waals surface area contributed by atoms with Crippen molar-refractivity contribution in [3.8, 4) is 0 Å². The van der Waals surface area contributed by atoms with Gasteiger partial charge in [0.2, 0.25) is 5.09 Å². The quantitative estimate of drug-likeness (QED) is 0.887. The maximum Gasteiger partial charge on any atom is 0.295 e. The Kier molecular flexibility index (Phi) is 4.05. The molecule has 0 fully saturated rings. The van der Waals surface area contributed by atoms with Crippen molar-refractivity contribution < 1.29 is 21.6 Å². The van der Waals surface area contributed by atoms with E-state index in [0.29, 0.717) is 12.3 Å². The van der Waals surface area contributed by atoms with Crippen molar-refractivity contribution in [2.45, 2.75) is 11.6 Å². The van der Waals surface area contributed by atoms with Gasteiger partial charge >= 0.3 is 0 Å². The van der Waals surface area contributed by atoms with E-state index in [2.05, 4.69) is 5.32 Å². The number of benzene rings is 1. The summed E-state index contributed by atoms with van der Waals surface area (Å²) in [7, 11) is -2.42. The van der Waals surface area contributed by atoms with Crippen molar-refractivity contribution in [3.63, 3.8) is 0 Å². The SMILES string of the molecule is CNCc1ccc(S(=O)(=O)Nc2cc(F)ccc2F)o1. The van der Waals surface area contributed by atoms with Gasteiger partial charge in [0, 0.05) is 6.07 Å². The van der Waals surface area contributed by atoms with Gasteiger partial charge in [-0.05, 0) is 31.3 Å². The van der Waals surface area contributed by atoms with E-state index in [-0.39, 0.29) is 5.09 Å². The summed E-state index contributed by atoms with van der Waals surface area (Å²) < 4.78 is 57.4. The molecule has 0 radical (unpaired) electrons. The lowest BCUT2D eigenvalue weighted by Gasteiger charge is -2.06. The molecule has 5 nitrogen and oxygen atoms in total. The zero-order chi connectivity index (χ0) is 14.8. The summed E-state index contributed by atoms with van der Waals surface area (Å²) in [5.74, 6) is -1.22. The fourth-order valence-electron chi connectivity index (χ4n) is 1.54. The number of sulfonamides is 1. The summed E-state index contributed by atoms with van der Waals surface area (Å²) >= 11 is 0. The van der Waals surface area contributed by atoms with Gasteiger partial charge in [0.1, 0.15) is 17.4 Å². The van der Waals surface area contributed by atoms with Gasteiger partial charge < -0.3 is 9.73 Å². The Balaban J connectivity index is 2.28. The second-order valence-electron chi connectivity index (χ2n) is 3.98. The number of halogens is 2. The van der Waals surface area contributed by atoms with Gasteiger partial charge in [0.05, 0.1) is 12.2 Å². The first-order valence-electron chi connectivity index (χ1n) is 5.63. The standard InChI is InChI=1S/C12H12F2N2O3S/c1-15-7-9-3-5-12(19-9)20(17,18)16-11-6-8(13)2-4-10(11)14/h2-6,15-16H,7H2,1H3. The fraction of sp³-hybridized carbons (Fsp3) is 0.167. The van der Waals surface area contributed by atoms with Crippen LogP contribution in [0.2, 0.25) is 0 Å². The van der Waals surface area contributed by atoms with Crippen molar-refractivity contribution >= 4 is 15.7 Å². The molecule has 0 aliphatic carbocycles. The first-order chi connectivity index (χ1) is 9.42. The van der Waals surface area contributed by atoms with Gasteiger partial charge in [-0.1, -0.05) is 0 Å². The molecule has 0 amide bonds. The predicted octanol–water partition coefficient (Wildman–Crippen LogP) is 2.08. The molecular formula is C12H12F2N2O3S. The maximum atomic E-state index is 13.4. The van der Waals surface area contributed by atoms with E-state index in [1.165, 1.54) is 12.1 Å². The zero-order valence-corrected chi connectivity index (χ0v) is 11.3. The number of hydrogen-bond acceptors (Lipinski definition) is 4. The highest BCUT2D eigenvalue weighted by atomic mass is 32.2. The summed E-state index contributed by atoms with van der Waals surface area (Å²) in [5.41, 5.74) is -0.475. The number of hydrogen-bond donors (Lipinski definition) is 2. The van der Waals surface area contributed by atoms with Crippen LogP contribution in [0.15, 0.2) is 39.8 Å². The minimum absolute atomic E-state index is 0.351. The number of nitrogens with one attached hydrogen (secondary N) is 2. The third-order valence-electron chi connectivity index (χ3n) is 2.43. The second kappa shape index (κ2) is 5.59. The van der Waals surface area contributed by atoms with Crippen LogP contribution in [0.5, 0.6) is 0 Å². The minimum atomic E-state index is -4.10. The monoisotopic (exact) mass is 302 g/mol. The Labute approximate surface area is 114 Å². The first kappa shape index (κ1) is 14.5. The first-order valence-corrected chi connectivity index (χ1v) is 7.12. The number of furan rings is 1. The van der Waals surface area contributed by atoms with Gasteiger partial charge in [-0.15, -0.1) is 0 Å². The molecule has 2 N–H and O–H groups in total. The molecule has 108 valence electrons. The van der Waals surface area contributed by atoms with Crippen LogP contribution >= 0.6 is 0 Å². The van der Waals surface area contributed by atoms with Crippen LogP contribution in [-0.4, -0.2) is 15.5 Å².